The summed E-state index contributed by atoms with van der Waals surface area (Å²) in [6.07, 6.45) is 2.34. The fourth-order valence-electron chi connectivity index (χ4n) is 1.88. The van der Waals surface area contributed by atoms with Gasteiger partial charge in [0.2, 0.25) is 0 Å². The van der Waals surface area contributed by atoms with E-state index < -0.39 is 9.84 Å². The van der Waals surface area contributed by atoms with Gasteiger partial charge in [-0.1, -0.05) is 0 Å². The second-order valence-corrected chi connectivity index (χ2v) is 6.93. The molecule has 1 fully saturated rings. The van der Waals surface area contributed by atoms with Crippen LogP contribution in [0.15, 0.2) is 10.8 Å². The average molecular weight is 309 g/mol. The van der Waals surface area contributed by atoms with Gasteiger partial charge in [-0.3, -0.25) is 4.68 Å². The highest BCUT2D eigenvalue weighted by molar-refractivity contribution is 9.10. The van der Waals surface area contributed by atoms with Gasteiger partial charge >= 0.3 is 0 Å². The highest BCUT2D eigenvalue weighted by Crippen LogP contribution is 2.27. The molecule has 1 aromatic rings. The van der Waals surface area contributed by atoms with Crippen LogP contribution in [0.5, 0.6) is 5.75 Å². The minimum Gasteiger partial charge on any atom is -0.492 e. The Morgan fingerprint density at radius 1 is 1.69 bits per heavy atom. The van der Waals surface area contributed by atoms with Crippen LogP contribution in [0.25, 0.3) is 0 Å². The fourth-order valence-corrected chi connectivity index (χ4v) is 4.23. The molecule has 1 saturated heterocycles. The molecule has 2 rings (SSSR count). The standard InChI is InChI=1S/C9H13BrN2O3S/c1-15-8-4-11-12(9(8)10)5-7-2-3-16(13,14)6-7/h4,7H,2-3,5-6H2,1H3. The molecule has 2 heterocycles. The normalized spacial score (nSPS) is 23.5. The molecule has 0 radical (unpaired) electrons. The average Bonchev–Trinajstić information content (AvgIpc) is 2.72. The number of ether oxygens (including phenoxy) is 1. The molecule has 0 spiro atoms. The third kappa shape index (κ3) is 2.40. The Kier molecular flexibility index (Phi) is 3.25. The van der Waals surface area contributed by atoms with E-state index in [-0.39, 0.29) is 11.7 Å². The molecule has 0 bridgehead atoms. The summed E-state index contributed by atoms with van der Waals surface area (Å²) >= 11 is 3.37. The molecule has 5 nitrogen and oxygen atoms in total. The quantitative estimate of drug-likeness (QED) is 0.838. The molecule has 1 atom stereocenters. The number of halogens is 1. The largest absolute Gasteiger partial charge is 0.492 e. The van der Waals surface area contributed by atoms with Crippen molar-refractivity contribution < 1.29 is 13.2 Å². The molecule has 0 N–H and O–H groups in total. The molecule has 1 aromatic heterocycles. The molecule has 1 unspecified atom stereocenters. The van der Waals surface area contributed by atoms with Crippen LogP contribution in [-0.2, 0) is 16.4 Å². The van der Waals surface area contributed by atoms with Crippen molar-refractivity contribution in [3.63, 3.8) is 0 Å². The summed E-state index contributed by atoms with van der Waals surface area (Å²) in [5, 5.41) is 4.15. The summed E-state index contributed by atoms with van der Waals surface area (Å²) < 4.78 is 30.2. The van der Waals surface area contributed by atoms with Gasteiger partial charge in [-0.2, -0.15) is 5.10 Å². The van der Waals surface area contributed by atoms with Crippen LogP contribution >= 0.6 is 15.9 Å². The first kappa shape index (κ1) is 11.9. The van der Waals surface area contributed by atoms with Gasteiger partial charge in [-0.15, -0.1) is 0 Å². The minimum atomic E-state index is -2.81. The van der Waals surface area contributed by atoms with Gasteiger partial charge < -0.3 is 4.74 Å². The lowest BCUT2D eigenvalue weighted by Crippen LogP contribution is -2.13. The smallest absolute Gasteiger partial charge is 0.171 e. The Balaban J connectivity index is 2.08. The van der Waals surface area contributed by atoms with Crippen LogP contribution in [0.3, 0.4) is 0 Å². The monoisotopic (exact) mass is 308 g/mol. The Hall–Kier alpha value is -0.560. The minimum absolute atomic E-state index is 0.158. The van der Waals surface area contributed by atoms with Gasteiger partial charge in [0.25, 0.3) is 0 Å². The number of hydrogen-bond acceptors (Lipinski definition) is 4. The Labute approximate surface area is 103 Å². The van der Waals surface area contributed by atoms with E-state index in [0.29, 0.717) is 18.0 Å². The van der Waals surface area contributed by atoms with Crippen LogP contribution < -0.4 is 4.74 Å². The summed E-state index contributed by atoms with van der Waals surface area (Å²) in [6, 6.07) is 0. The van der Waals surface area contributed by atoms with Crippen molar-refractivity contribution in [3.8, 4) is 5.75 Å². The predicted octanol–water partition coefficient (Wildman–Crippen LogP) is 1.09. The lowest BCUT2D eigenvalue weighted by Gasteiger charge is -2.08. The molecule has 0 aromatic carbocycles. The van der Waals surface area contributed by atoms with Gasteiger partial charge in [0.1, 0.15) is 4.60 Å². The maximum atomic E-state index is 11.3. The van der Waals surface area contributed by atoms with E-state index in [9.17, 15) is 8.42 Å². The molecule has 90 valence electrons. The van der Waals surface area contributed by atoms with Crippen molar-refractivity contribution in [1.82, 2.24) is 9.78 Å². The lowest BCUT2D eigenvalue weighted by atomic mass is 10.1. The number of sulfone groups is 1. The Bertz CT molecular complexity index is 483. The summed E-state index contributed by atoms with van der Waals surface area (Å²) in [5.74, 6) is 1.39. The number of rotatable bonds is 3. The van der Waals surface area contributed by atoms with E-state index >= 15 is 0 Å². The topological polar surface area (TPSA) is 61.2 Å². The van der Waals surface area contributed by atoms with Crippen molar-refractivity contribution in [3.05, 3.63) is 10.8 Å². The van der Waals surface area contributed by atoms with Crippen molar-refractivity contribution in [2.45, 2.75) is 13.0 Å². The first-order valence-corrected chi connectivity index (χ1v) is 7.59. The maximum Gasteiger partial charge on any atom is 0.171 e. The first-order valence-electron chi connectivity index (χ1n) is 4.97. The van der Waals surface area contributed by atoms with Crippen molar-refractivity contribution in [2.75, 3.05) is 18.6 Å². The van der Waals surface area contributed by atoms with E-state index in [2.05, 4.69) is 21.0 Å². The first-order chi connectivity index (χ1) is 7.52. The molecule has 7 heteroatoms. The maximum absolute atomic E-state index is 11.3. The third-order valence-electron chi connectivity index (χ3n) is 2.72. The van der Waals surface area contributed by atoms with Gasteiger partial charge in [0, 0.05) is 6.54 Å². The predicted molar refractivity (Wildman–Crippen MR) is 63.2 cm³/mol. The zero-order valence-electron chi connectivity index (χ0n) is 8.89. The molecular weight excluding hydrogens is 296 g/mol. The zero-order chi connectivity index (χ0) is 11.8. The third-order valence-corrected chi connectivity index (χ3v) is 5.36. The van der Waals surface area contributed by atoms with E-state index in [4.69, 9.17) is 4.74 Å². The fraction of sp³-hybridized carbons (Fsp3) is 0.667. The van der Waals surface area contributed by atoms with Crippen molar-refractivity contribution >= 4 is 25.8 Å². The summed E-state index contributed by atoms with van der Waals surface area (Å²) in [6.45, 7) is 0.614. The zero-order valence-corrected chi connectivity index (χ0v) is 11.3. The van der Waals surface area contributed by atoms with Crippen LogP contribution in [0.1, 0.15) is 6.42 Å². The summed E-state index contributed by atoms with van der Waals surface area (Å²) in [5.41, 5.74) is 0. The van der Waals surface area contributed by atoms with Crippen LogP contribution in [-0.4, -0.2) is 36.8 Å². The molecule has 16 heavy (non-hydrogen) atoms. The van der Waals surface area contributed by atoms with Crippen LogP contribution in [0.2, 0.25) is 0 Å². The van der Waals surface area contributed by atoms with E-state index in [1.807, 2.05) is 0 Å². The van der Waals surface area contributed by atoms with Gasteiger partial charge in [0.05, 0.1) is 24.8 Å². The molecule has 0 aliphatic carbocycles. The number of nitrogens with zero attached hydrogens (tertiary/aromatic N) is 2. The van der Waals surface area contributed by atoms with Crippen LogP contribution in [0.4, 0.5) is 0 Å². The van der Waals surface area contributed by atoms with Crippen molar-refractivity contribution in [2.24, 2.45) is 5.92 Å². The summed E-state index contributed by atoms with van der Waals surface area (Å²) in [4.78, 5) is 0. The molecule has 1 aliphatic heterocycles. The number of hydrogen-bond donors (Lipinski definition) is 0. The van der Waals surface area contributed by atoms with Gasteiger partial charge in [-0.05, 0) is 28.3 Å². The number of methoxy groups -OCH3 is 1. The van der Waals surface area contributed by atoms with Crippen molar-refractivity contribution in [1.29, 1.82) is 0 Å². The van der Waals surface area contributed by atoms with E-state index in [1.165, 1.54) is 0 Å². The second kappa shape index (κ2) is 4.37. The highest BCUT2D eigenvalue weighted by Gasteiger charge is 2.28. The molecular formula is C9H13BrN2O3S. The number of aromatic nitrogens is 2. The van der Waals surface area contributed by atoms with Gasteiger partial charge in [0.15, 0.2) is 15.6 Å². The lowest BCUT2D eigenvalue weighted by molar-refractivity contribution is 0.405. The molecule has 0 saturated carbocycles. The van der Waals surface area contributed by atoms with Crippen LogP contribution in [0, 0.1) is 5.92 Å². The highest BCUT2D eigenvalue weighted by atomic mass is 79.9. The molecule has 1 aliphatic rings. The summed E-state index contributed by atoms with van der Waals surface area (Å²) in [7, 11) is -1.24. The van der Waals surface area contributed by atoms with E-state index in [1.54, 1.807) is 18.0 Å². The Morgan fingerprint density at radius 2 is 2.44 bits per heavy atom. The van der Waals surface area contributed by atoms with Gasteiger partial charge in [-0.25, -0.2) is 8.42 Å². The molecule has 0 amide bonds. The Morgan fingerprint density at radius 3 is 2.94 bits per heavy atom. The second-order valence-electron chi connectivity index (χ2n) is 3.95. The van der Waals surface area contributed by atoms with E-state index in [0.717, 1.165) is 11.0 Å². The SMILES string of the molecule is COc1cnn(CC2CCS(=O)(=O)C2)c1Br.